The van der Waals surface area contributed by atoms with Crippen LogP contribution in [0.4, 0.5) is 4.39 Å². The number of rotatable bonds is 2. The highest BCUT2D eigenvalue weighted by Gasteiger charge is 2.20. The molecule has 0 spiro atoms. The van der Waals surface area contributed by atoms with Gasteiger partial charge in [-0.3, -0.25) is 9.59 Å². The van der Waals surface area contributed by atoms with Crippen LogP contribution in [0.25, 0.3) is 0 Å². The van der Waals surface area contributed by atoms with Gasteiger partial charge < -0.3 is 9.80 Å². The van der Waals surface area contributed by atoms with Crippen molar-refractivity contribution in [1.82, 2.24) is 9.80 Å². The molecule has 1 aromatic carbocycles. The average Bonchev–Trinajstić information content (AvgIpc) is 2.39. The summed E-state index contributed by atoms with van der Waals surface area (Å²) in [4.78, 5) is 25.8. The third-order valence-corrected chi connectivity index (χ3v) is 2.84. The first kappa shape index (κ1) is 11.6. The molecule has 0 N–H and O–H groups in total. The predicted molar refractivity (Wildman–Crippen MR) is 59.9 cm³/mol. The summed E-state index contributed by atoms with van der Waals surface area (Å²) in [6.45, 7) is 2.15. The van der Waals surface area contributed by atoms with Gasteiger partial charge in [0.15, 0.2) is 0 Å². The number of piperazine rings is 1. The number of hydrogen-bond acceptors (Lipinski definition) is 2. The quantitative estimate of drug-likeness (QED) is 0.711. The molecule has 0 aromatic heterocycles. The SMILES string of the molecule is O=CN1CCN(C(=O)c2ccc(F)cc2)CC1. The summed E-state index contributed by atoms with van der Waals surface area (Å²) < 4.78 is 12.7. The molecule has 1 saturated heterocycles. The average molecular weight is 236 g/mol. The lowest BCUT2D eigenvalue weighted by molar-refractivity contribution is -0.119. The molecule has 0 unspecified atom stereocenters. The Morgan fingerprint density at radius 2 is 1.71 bits per heavy atom. The maximum Gasteiger partial charge on any atom is 0.253 e. The topological polar surface area (TPSA) is 40.6 Å². The van der Waals surface area contributed by atoms with E-state index in [0.29, 0.717) is 31.7 Å². The standard InChI is InChI=1S/C12H13FN2O2/c13-11-3-1-10(2-4-11)12(17)15-7-5-14(9-16)6-8-15/h1-4,9H,5-8H2. The largest absolute Gasteiger partial charge is 0.342 e. The molecular formula is C12H13FN2O2. The van der Waals surface area contributed by atoms with Crippen LogP contribution in [0.3, 0.4) is 0 Å². The van der Waals surface area contributed by atoms with Crippen molar-refractivity contribution in [3.05, 3.63) is 35.6 Å². The van der Waals surface area contributed by atoms with Crippen molar-refractivity contribution in [2.75, 3.05) is 26.2 Å². The van der Waals surface area contributed by atoms with Gasteiger partial charge in [-0.05, 0) is 24.3 Å². The molecule has 90 valence electrons. The minimum atomic E-state index is -0.354. The van der Waals surface area contributed by atoms with Gasteiger partial charge in [-0.15, -0.1) is 0 Å². The van der Waals surface area contributed by atoms with E-state index in [0.717, 1.165) is 6.41 Å². The molecule has 17 heavy (non-hydrogen) atoms. The summed E-state index contributed by atoms with van der Waals surface area (Å²) in [7, 11) is 0. The van der Waals surface area contributed by atoms with Crippen molar-refractivity contribution in [2.24, 2.45) is 0 Å². The lowest BCUT2D eigenvalue weighted by atomic mass is 10.2. The molecular weight excluding hydrogens is 223 g/mol. The van der Waals surface area contributed by atoms with Gasteiger partial charge in [0.25, 0.3) is 5.91 Å². The second-order valence-corrected chi connectivity index (χ2v) is 3.94. The first-order chi connectivity index (χ1) is 8.20. The first-order valence-electron chi connectivity index (χ1n) is 5.45. The van der Waals surface area contributed by atoms with Crippen LogP contribution in [0.1, 0.15) is 10.4 Å². The van der Waals surface area contributed by atoms with Gasteiger partial charge in [-0.2, -0.15) is 0 Å². The van der Waals surface area contributed by atoms with E-state index in [4.69, 9.17) is 0 Å². The van der Waals surface area contributed by atoms with E-state index in [1.54, 1.807) is 9.80 Å². The zero-order valence-electron chi connectivity index (χ0n) is 9.30. The van der Waals surface area contributed by atoms with Gasteiger partial charge in [0.05, 0.1) is 0 Å². The molecule has 1 aromatic rings. The van der Waals surface area contributed by atoms with E-state index in [-0.39, 0.29) is 11.7 Å². The van der Waals surface area contributed by atoms with Gasteiger partial charge in [-0.25, -0.2) is 4.39 Å². The maximum absolute atomic E-state index is 12.7. The number of benzene rings is 1. The fourth-order valence-corrected chi connectivity index (χ4v) is 1.81. The minimum absolute atomic E-state index is 0.115. The van der Waals surface area contributed by atoms with Crippen LogP contribution in [0.15, 0.2) is 24.3 Å². The normalized spacial score (nSPS) is 15.8. The van der Waals surface area contributed by atoms with E-state index < -0.39 is 0 Å². The number of nitrogens with zero attached hydrogens (tertiary/aromatic N) is 2. The molecule has 2 amide bonds. The summed E-state index contributed by atoms with van der Waals surface area (Å²) in [5, 5.41) is 0. The Labute approximate surface area is 98.6 Å². The van der Waals surface area contributed by atoms with Crippen LogP contribution in [-0.2, 0) is 4.79 Å². The van der Waals surface area contributed by atoms with E-state index >= 15 is 0 Å². The van der Waals surface area contributed by atoms with Crippen LogP contribution in [0, 0.1) is 5.82 Å². The van der Waals surface area contributed by atoms with Crippen LogP contribution < -0.4 is 0 Å². The molecule has 5 heteroatoms. The number of amides is 2. The minimum Gasteiger partial charge on any atom is -0.342 e. The summed E-state index contributed by atoms with van der Waals surface area (Å²) in [6.07, 6.45) is 0.791. The highest BCUT2D eigenvalue weighted by molar-refractivity contribution is 5.94. The van der Waals surface area contributed by atoms with Crippen molar-refractivity contribution in [3.8, 4) is 0 Å². The van der Waals surface area contributed by atoms with Gasteiger partial charge in [0.1, 0.15) is 5.82 Å². The Morgan fingerprint density at radius 3 is 2.24 bits per heavy atom. The fourth-order valence-electron chi connectivity index (χ4n) is 1.81. The van der Waals surface area contributed by atoms with Gasteiger partial charge in [0, 0.05) is 31.7 Å². The monoisotopic (exact) mass is 236 g/mol. The molecule has 2 rings (SSSR count). The van der Waals surface area contributed by atoms with Crippen molar-refractivity contribution < 1.29 is 14.0 Å². The second kappa shape index (κ2) is 4.95. The fraction of sp³-hybridized carbons (Fsp3) is 0.333. The molecule has 1 fully saturated rings. The molecule has 0 aliphatic carbocycles. The summed E-state index contributed by atoms with van der Waals surface area (Å²) in [5.74, 6) is -0.470. The zero-order chi connectivity index (χ0) is 12.3. The number of carbonyl (C=O) groups is 2. The van der Waals surface area contributed by atoms with Gasteiger partial charge in [-0.1, -0.05) is 0 Å². The van der Waals surface area contributed by atoms with Gasteiger partial charge >= 0.3 is 0 Å². The first-order valence-corrected chi connectivity index (χ1v) is 5.45. The van der Waals surface area contributed by atoms with Crippen LogP contribution in [0.5, 0.6) is 0 Å². The molecule has 0 bridgehead atoms. The molecule has 4 nitrogen and oxygen atoms in total. The summed E-state index contributed by atoms with van der Waals surface area (Å²) in [6, 6.07) is 5.50. The van der Waals surface area contributed by atoms with Crippen LogP contribution >= 0.6 is 0 Å². The van der Waals surface area contributed by atoms with Crippen molar-refractivity contribution >= 4 is 12.3 Å². The third-order valence-electron chi connectivity index (χ3n) is 2.84. The smallest absolute Gasteiger partial charge is 0.253 e. The molecule has 1 heterocycles. The lowest BCUT2D eigenvalue weighted by Crippen LogP contribution is -2.48. The highest BCUT2D eigenvalue weighted by atomic mass is 19.1. The Bertz CT molecular complexity index is 411. The number of halogens is 1. The van der Waals surface area contributed by atoms with E-state index in [9.17, 15) is 14.0 Å². The van der Waals surface area contributed by atoms with Crippen molar-refractivity contribution in [3.63, 3.8) is 0 Å². The lowest BCUT2D eigenvalue weighted by Gasteiger charge is -2.32. The molecule has 0 atom stereocenters. The number of carbonyl (C=O) groups excluding carboxylic acids is 2. The van der Waals surface area contributed by atoms with Crippen molar-refractivity contribution in [2.45, 2.75) is 0 Å². The van der Waals surface area contributed by atoms with Gasteiger partial charge in [0.2, 0.25) is 6.41 Å². The zero-order valence-corrected chi connectivity index (χ0v) is 9.30. The molecule has 0 saturated carbocycles. The van der Waals surface area contributed by atoms with Crippen LogP contribution in [-0.4, -0.2) is 48.3 Å². The number of hydrogen-bond donors (Lipinski definition) is 0. The van der Waals surface area contributed by atoms with E-state index in [1.807, 2.05) is 0 Å². The predicted octanol–water partition coefficient (Wildman–Crippen LogP) is 0.740. The van der Waals surface area contributed by atoms with Crippen molar-refractivity contribution in [1.29, 1.82) is 0 Å². The third kappa shape index (κ3) is 2.61. The Balaban J connectivity index is 2.01. The second-order valence-electron chi connectivity index (χ2n) is 3.94. The Morgan fingerprint density at radius 1 is 1.12 bits per heavy atom. The summed E-state index contributed by atoms with van der Waals surface area (Å²) in [5.41, 5.74) is 0.478. The Hall–Kier alpha value is -1.91. The molecule has 1 aliphatic rings. The highest BCUT2D eigenvalue weighted by Crippen LogP contribution is 2.09. The summed E-state index contributed by atoms with van der Waals surface area (Å²) >= 11 is 0. The molecule has 1 aliphatic heterocycles. The van der Waals surface area contributed by atoms with E-state index in [2.05, 4.69) is 0 Å². The maximum atomic E-state index is 12.7. The van der Waals surface area contributed by atoms with E-state index in [1.165, 1.54) is 24.3 Å². The molecule has 0 radical (unpaired) electrons. The Kier molecular flexibility index (Phi) is 3.37. The van der Waals surface area contributed by atoms with Crippen LogP contribution in [0.2, 0.25) is 0 Å².